The standard InChI is InChI=1S/C29H45N3O8/c1-28(2,3)39-24(33)14-13-23(30-26(35)40-29(4,5)6)25(34)37-20-10-15-31-16-18-32(19-17-31)27(36)38-21-22-11-8-7-9-12-22/h7-9,11-12,23H,10,13-21H2,1-6H3,(H,30,35)/t23-/m0/s1. The number of rotatable bonds is 11. The Kier molecular flexibility index (Phi) is 12.7. The number of ether oxygens (including phenoxy) is 4. The van der Waals surface area contributed by atoms with Crippen molar-refractivity contribution < 1.29 is 38.1 Å². The smallest absolute Gasteiger partial charge is 0.410 e. The summed E-state index contributed by atoms with van der Waals surface area (Å²) in [5, 5.41) is 2.51. The zero-order valence-electron chi connectivity index (χ0n) is 24.7. The van der Waals surface area contributed by atoms with Crippen molar-refractivity contribution in [1.29, 1.82) is 0 Å². The second-order valence-electron chi connectivity index (χ2n) is 11.7. The number of carbonyl (C=O) groups is 4. The first-order valence-corrected chi connectivity index (χ1v) is 13.8. The number of esters is 2. The summed E-state index contributed by atoms with van der Waals surface area (Å²) < 4.78 is 21.4. The minimum atomic E-state index is -1.05. The highest BCUT2D eigenvalue weighted by Crippen LogP contribution is 2.13. The van der Waals surface area contributed by atoms with Crippen molar-refractivity contribution in [2.45, 2.75) is 84.7 Å². The monoisotopic (exact) mass is 563 g/mol. The fourth-order valence-electron chi connectivity index (χ4n) is 3.88. The first-order chi connectivity index (χ1) is 18.7. The lowest BCUT2D eigenvalue weighted by Crippen LogP contribution is -2.49. The molecule has 40 heavy (non-hydrogen) atoms. The Bertz CT molecular complexity index is 964. The molecule has 1 aromatic carbocycles. The fourth-order valence-corrected chi connectivity index (χ4v) is 3.88. The van der Waals surface area contributed by atoms with Gasteiger partial charge in [-0.2, -0.15) is 0 Å². The highest BCUT2D eigenvalue weighted by atomic mass is 16.6. The van der Waals surface area contributed by atoms with Gasteiger partial charge in [0.05, 0.1) is 6.61 Å². The van der Waals surface area contributed by atoms with Gasteiger partial charge in [0.2, 0.25) is 0 Å². The average Bonchev–Trinajstić information content (AvgIpc) is 2.86. The van der Waals surface area contributed by atoms with E-state index in [0.29, 0.717) is 39.1 Å². The van der Waals surface area contributed by atoms with E-state index in [1.165, 1.54) is 0 Å². The van der Waals surface area contributed by atoms with E-state index in [0.717, 1.165) is 5.56 Å². The predicted octanol–water partition coefficient (Wildman–Crippen LogP) is 3.89. The van der Waals surface area contributed by atoms with Gasteiger partial charge in [0.25, 0.3) is 0 Å². The molecule has 0 spiro atoms. The molecular formula is C29H45N3O8. The largest absolute Gasteiger partial charge is 0.464 e. The Labute approximate surface area is 237 Å². The Morgan fingerprint density at radius 3 is 2.10 bits per heavy atom. The van der Waals surface area contributed by atoms with Gasteiger partial charge in [-0.1, -0.05) is 30.3 Å². The summed E-state index contributed by atoms with van der Waals surface area (Å²) >= 11 is 0. The van der Waals surface area contributed by atoms with Crippen molar-refractivity contribution in [2.24, 2.45) is 0 Å². The van der Waals surface area contributed by atoms with Gasteiger partial charge in [0.15, 0.2) is 0 Å². The molecule has 0 aromatic heterocycles. The molecule has 11 heteroatoms. The molecule has 0 unspecified atom stereocenters. The molecule has 0 radical (unpaired) electrons. The van der Waals surface area contributed by atoms with Crippen LogP contribution < -0.4 is 5.32 Å². The minimum absolute atomic E-state index is 0.0231. The van der Waals surface area contributed by atoms with E-state index in [1.54, 1.807) is 46.4 Å². The molecular weight excluding hydrogens is 518 g/mol. The molecule has 1 aromatic rings. The van der Waals surface area contributed by atoms with Crippen LogP contribution in [0.25, 0.3) is 0 Å². The van der Waals surface area contributed by atoms with Crippen LogP contribution in [-0.4, -0.2) is 90.5 Å². The van der Waals surface area contributed by atoms with Gasteiger partial charge in [-0.05, 0) is 59.9 Å². The van der Waals surface area contributed by atoms with Crippen LogP contribution in [0.1, 0.15) is 66.4 Å². The van der Waals surface area contributed by atoms with Crippen LogP contribution in [0.5, 0.6) is 0 Å². The van der Waals surface area contributed by atoms with Crippen molar-refractivity contribution in [2.75, 3.05) is 39.3 Å². The van der Waals surface area contributed by atoms with Gasteiger partial charge in [0, 0.05) is 39.1 Å². The maximum Gasteiger partial charge on any atom is 0.410 e. The summed E-state index contributed by atoms with van der Waals surface area (Å²) in [6, 6.07) is 8.50. The lowest BCUT2D eigenvalue weighted by atomic mass is 10.1. The van der Waals surface area contributed by atoms with Crippen LogP contribution in [0.4, 0.5) is 9.59 Å². The van der Waals surface area contributed by atoms with Gasteiger partial charge in [-0.25, -0.2) is 14.4 Å². The third-order valence-corrected chi connectivity index (χ3v) is 5.73. The number of carbonyl (C=O) groups excluding carboxylic acids is 4. The number of nitrogens with zero attached hydrogens (tertiary/aromatic N) is 2. The molecule has 2 rings (SSSR count). The van der Waals surface area contributed by atoms with Crippen molar-refractivity contribution in [3.8, 4) is 0 Å². The lowest BCUT2D eigenvalue weighted by molar-refractivity contribution is -0.155. The third kappa shape index (κ3) is 13.6. The zero-order valence-corrected chi connectivity index (χ0v) is 24.7. The Balaban J connectivity index is 1.73. The van der Waals surface area contributed by atoms with Crippen LogP contribution in [0, 0.1) is 0 Å². The van der Waals surface area contributed by atoms with Gasteiger partial charge < -0.3 is 29.2 Å². The quantitative estimate of drug-likeness (QED) is 0.243. The predicted molar refractivity (Wildman–Crippen MR) is 148 cm³/mol. The maximum atomic E-state index is 12.8. The molecule has 0 bridgehead atoms. The molecule has 0 aliphatic carbocycles. The van der Waals surface area contributed by atoms with E-state index < -0.39 is 35.3 Å². The van der Waals surface area contributed by atoms with Crippen LogP contribution >= 0.6 is 0 Å². The third-order valence-electron chi connectivity index (χ3n) is 5.73. The molecule has 1 aliphatic rings. The summed E-state index contributed by atoms with van der Waals surface area (Å²) in [5.41, 5.74) is -0.455. The first-order valence-electron chi connectivity index (χ1n) is 13.8. The zero-order chi connectivity index (χ0) is 29.8. The molecule has 1 atom stereocenters. The minimum Gasteiger partial charge on any atom is -0.464 e. The van der Waals surface area contributed by atoms with Crippen molar-refractivity contribution in [1.82, 2.24) is 15.1 Å². The molecule has 2 amide bonds. The van der Waals surface area contributed by atoms with Crippen molar-refractivity contribution in [3.05, 3.63) is 35.9 Å². The van der Waals surface area contributed by atoms with Crippen LogP contribution in [0.15, 0.2) is 30.3 Å². The van der Waals surface area contributed by atoms with E-state index in [4.69, 9.17) is 18.9 Å². The molecule has 1 saturated heterocycles. The van der Waals surface area contributed by atoms with E-state index >= 15 is 0 Å². The maximum absolute atomic E-state index is 12.8. The topological polar surface area (TPSA) is 124 Å². The summed E-state index contributed by atoms with van der Waals surface area (Å²) in [5.74, 6) is -1.11. The Morgan fingerprint density at radius 1 is 0.875 bits per heavy atom. The van der Waals surface area contributed by atoms with Gasteiger partial charge >= 0.3 is 24.1 Å². The second-order valence-corrected chi connectivity index (χ2v) is 11.7. The number of hydrogen-bond donors (Lipinski definition) is 1. The second kappa shape index (κ2) is 15.4. The average molecular weight is 564 g/mol. The molecule has 11 nitrogen and oxygen atoms in total. The SMILES string of the molecule is CC(C)(C)OC(=O)CC[C@H](NC(=O)OC(C)(C)C)C(=O)OCCCN1CCN(C(=O)OCc2ccccc2)CC1. The molecule has 0 saturated carbocycles. The first kappa shape index (κ1) is 32.9. The Morgan fingerprint density at radius 2 is 1.50 bits per heavy atom. The molecule has 1 fully saturated rings. The summed E-state index contributed by atoms with van der Waals surface area (Å²) in [4.78, 5) is 53.4. The van der Waals surface area contributed by atoms with Crippen LogP contribution in [-0.2, 0) is 35.1 Å². The van der Waals surface area contributed by atoms with Crippen molar-refractivity contribution >= 4 is 24.1 Å². The molecule has 1 heterocycles. The Hall–Kier alpha value is -3.34. The van der Waals surface area contributed by atoms with Gasteiger partial charge in [-0.3, -0.25) is 9.69 Å². The fraction of sp³-hybridized carbons (Fsp3) is 0.655. The highest BCUT2D eigenvalue weighted by Gasteiger charge is 2.28. The van der Waals surface area contributed by atoms with Crippen LogP contribution in [0.3, 0.4) is 0 Å². The number of alkyl carbamates (subject to hydrolysis) is 1. The number of hydrogen-bond acceptors (Lipinski definition) is 9. The highest BCUT2D eigenvalue weighted by molar-refractivity contribution is 5.82. The number of benzene rings is 1. The summed E-state index contributed by atoms with van der Waals surface area (Å²) in [6.07, 6.45) is -0.554. The summed E-state index contributed by atoms with van der Waals surface area (Å²) in [7, 11) is 0. The normalized spacial score (nSPS) is 15.1. The number of amides is 2. The molecule has 1 aliphatic heterocycles. The van der Waals surface area contributed by atoms with E-state index in [2.05, 4.69) is 10.2 Å². The van der Waals surface area contributed by atoms with E-state index in [-0.39, 0.29) is 32.1 Å². The van der Waals surface area contributed by atoms with Crippen molar-refractivity contribution in [3.63, 3.8) is 0 Å². The van der Waals surface area contributed by atoms with E-state index in [9.17, 15) is 19.2 Å². The molecule has 1 N–H and O–H groups in total. The van der Waals surface area contributed by atoms with Gasteiger partial charge in [0.1, 0.15) is 23.9 Å². The number of nitrogens with one attached hydrogen (secondary N) is 1. The number of piperazine rings is 1. The molecule has 224 valence electrons. The van der Waals surface area contributed by atoms with E-state index in [1.807, 2.05) is 30.3 Å². The lowest BCUT2D eigenvalue weighted by Gasteiger charge is -2.34. The summed E-state index contributed by atoms with van der Waals surface area (Å²) in [6.45, 7) is 14.0. The van der Waals surface area contributed by atoms with Crippen LogP contribution in [0.2, 0.25) is 0 Å². The van der Waals surface area contributed by atoms with Gasteiger partial charge in [-0.15, -0.1) is 0 Å².